The molecule has 0 saturated carbocycles. The van der Waals surface area contributed by atoms with Crippen LogP contribution in [-0.2, 0) is 11.8 Å². The van der Waals surface area contributed by atoms with Gasteiger partial charge in [0.1, 0.15) is 11.4 Å². The van der Waals surface area contributed by atoms with E-state index in [1.54, 1.807) is 21.1 Å². The summed E-state index contributed by atoms with van der Waals surface area (Å²) in [6, 6.07) is -0.159. The van der Waals surface area contributed by atoms with Crippen molar-refractivity contribution < 1.29 is 19.7 Å². The van der Waals surface area contributed by atoms with Crippen LogP contribution in [0.2, 0.25) is 0 Å². The summed E-state index contributed by atoms with van der Waals surface area (Å²) in [6.45, 7) is 2.02. The second-order valence-corrected chi connectivity index (χ2v) is 4.05. The van der Waals surface area contributed by atoms with Gasteiger partial charge in [-0.15, -0.1) is 0 Å². The van der Waals surface area contributed by atoms with Crippen LogP contribution in [0.5, 0.6) is 0 Å². The molecule has 7 heteroatoms. The predicted molar refractivity (Wildman–Crippen MR) is 65.9 cm³/mol. The summed E-state index contributed by atoms with van der Waals surface area (Å²) in [6.07, 6.45) is 0.469. The van der Waals surface area contributed by atoms with E-state index in [-0.39, 0.29) is 18.2 Å². The quantitative estimate of drug-likeness (QED) is 0.647. The molecule has 18 heavy (non-hydrogen) atoms. The fraction of sp³-hybridized carbons (Fsp3) is 0.636. The largest absolute Gasteiger partial charge is 0.477 e. The molecule has 0 spiro atoms. The Bertz CT molecular complexity index is 411. The first-order chi connectivity index (χ1) is 8.51. The maximum absolute atomic E-state index is 11.2. The average molecular weight is 257 g/mol. The number of anilines is 1. The van der Waals surface area contributed by atoms with Gasteiger partial charge < -0.3 is 20.3 Å². The lowest BCUT2D eigenvalue weighted by Crippen LogP contribution is -2.28. The molecule has 7 nitrogen and oxygen atoms in total. The molecule has 1 atom stereocenters. The van der Waals surface area contributed by atoms with Crippen LogP contribution in [-0.4, -0.2) is 52.3 Å². The van der Waals surface area contributed by atoms with Gasteiger partial charge in [-0.2, -0.15) is 5.10 Å². The molecule has 1 aromatic heterocycles. The van der Waals surface area contributed by atoms with Gasteiger partial charge in [-0.25, -0.2) is 4.79 Å². The lowest BCUT2D eigenvalue weighted by Gasteiger charge is -2.18. The summed E-state index contributed by atoms with van der Waals surface area (Å²) in [5.74, 6) is -0.598. The third kappa shape index (κ3) is 3.21. The predicted octanol–water partition coefficient (Wildman–Crippen LogP) is 0.236. The number of hydrogen-bond acceptors (Lipinski definition) is 5. The first kappa shape index (κ1) is 14.5. The zero-order valence-electron chi connectivity index (χ0n) is 10.8. The maximum atomic E-state index is 11.2. The molecule has 0 radical (unpaired) electrons. The lowest BCUT2D eigenvalue weighted by molar-refractivity contribution is 0.0697. The molecule has 0 amide bonds. The number of hydrogen-bond donors (Lipinski definition) is 3. The number of methoxy groups -OCH3 is 1. The number of carboxylic acid groups (broad SMARTS) is 1. The molecule has 0 aromatic carbocycles. The highest BCUT2D eigenvalue weighted by molar-refractivity contribution is 5.94. The van der Waals surface area contributed by atoms with E-state index in [0.29, 0.717) is 24.5 Å². The van der Waals surface area contributed by atoms with Gasteiger partial charge in [-0.05, 0) is 13.3 Å². The topological polar surface area (TPSA) is 96.6 Å². The van der Waals surface area contributed by atoms with E-state index in [4.69, 9.17) is 14.9 Å². The number of nitrogens with one attached hydrogen (secondary N) is 1. The van der Waals surface area contributed by atoms with Gasteiger partial charge >= 0.3 is 5.97 Å². The molecular formula is C11H19N3O4. The van der Waals surface area contributed by atoms with Crippen LogP contribution in [0.15, 0.2) is 0 Å². The van der Waals surface area contributed by atoms with Gasteiger partial charge in [-0.1, -0.05) is 0 Å². The van der Waals surface area contributed by atoms with Gasteiger partial charge in [0.25, 0.3) is 0 Å². The third-order valence-corrected chi connectivity index (χ3v) is 2.62. The number of aliphatic hydroxyl groups excluding tert-OH is 1. The van der Waals surface area contributed by atoms with Gasteiger partial charge in [0.05, 0.1) is 18.3 Å². The SMILES string of the molecule is COCC(CCO)Nc1c(C(=O)O)c(C)nn1C. The molecular weight excluding hydrogens is 238 g/mol. The van der Waals surface area contributed by atoms with E-state index in [0.717, 1.165) is 0 Å². The smallest absolute Gasteiger partial charge is 0.341 e. The van der Waals surface area contributed by atoms with Crippen molar-refractivity contribution in [1.82, 2.24) is 9.78 Å². The minimum Gasteiger partial charge on any atom is -0.477 e. The summed E-state index contributed by atoms with van der Waals surface area (Å²) in [5, 5.41) is 25.2. The van der Waals surface area contributed by atoms with Crippen molar-refractivity contribution in [3.8, 4) is 0 Å². The minimum absolute atomic E-state index is 0.000263. The molecule has 0 aliphatic carbocycles. The first-order valence-electron chi connectivity index (χ1n) is 5.64. The van der Waals surface area contributed by atoms with E-state index in [2.05, 4.69) is 10.4 Å². The third-order valence-electron chi connectivity index (χ3n) is 2.62. The Morgan fingerprint density at radius 2 is 2.28 bits per heavy atom. The Balaban J connectivity index is 2.97. The molecule has 3 N–H and O–H groups in total. The van der Waals surface area contributed by atoms with Gasteiger partial charge in [0, 0.05) is 20.8 Å². The van der Waals surface area contributed by atoms with Crippen LogP contribution < -0.4 is 5.32 Å². The van der Waals surface area contributed by atoms with E-state index in [9.17, 15) is 4.79 Å². The van der Waals surface area contributed by atoms with Crippen LogP contribution >= 0.6 is 0 Å². The van der Waals surface area contributed by atoms with Gasteiger partial charge in [-0.3, -0.25) is 4.68 Å². The van der Waals surface area contributed by atoms with Crippen molar-refractivity contribution in [1.29, 1.82) is 0 Å². The monoisotopic (exact) mass is 257 g/mol. The second-order valence-electron chi connectivity index (χ2n) is 4.05. The fourth-order valence-corrected chi connectivity index (χ4v) is 1.83. The Morgan fingerprint density at radius 3 is 2.78 bits per heavy atom. The Hall–Kier alpha value is -1.60. The van der Waals surface area contributed by atoms with E-state index in [1.807, 2.05) is 0 Å². The molecule has 0 saturated heterocycles. The summed E-state index contributed by atoms with van der Waals surface area (Å²) >= 11 is 0. The average Bonchev–Trinajstić information content (AvgIpc) is 2.54. The molecule has 0 aliphatic heterocycles. The summed E-state index contributed by atoms with van der Waals surface area (Å²) in [7, 11) is 3.23. The van der Waals surface area contributed by atoms with Crippen molar-refractivity contribution in [2.75, 3.05) is 25.6 Å². The molecule has 0 bridgehead atoms. The maximum Gasteiger partial charge on any atom is 0.341 e. The van der Waals surface area contributed by atoms with Crippen LogP contribution in [0.25, 0.3) is 0 Å². The van der Waals surface area contributed by atoms with Crippen LogP contribution in [0.4, 0.5) is 5.82 Å². The highest BCUT2D eigenvalue weighted by Crippen LogP contribution is 2.20. The van der Waals surface area contributed by atoms with Crippen LogP contribution in [0, 0.1) is 6.92 Å². The fourth-order valence-electron chi connectivity index (χ4n) is 1.83. The molecule has 0 aliphatic rings. The number of ether oxygens (including phenoxy) is 1. The van der Waals surface area contributed by atoms with Gasteiger partial charge in [0.2, 0.25) is 0 Å². The number of rotatable bonds is 7. The van der Waals surface area contributed by atoms with E-state index in [1.165, 1.54) is 4.68 Å². The number of aromatic nitrogens is 2. The standard InChI is InChI=1S/C11H19N3O4/c1-7-9(11(16)17)10(14(2)13-7)12-8(4-5-15)6-18-3/h8,12,15H,4-6H2,1-3H3,(H,16,17). The highest BCUT2D eigenvalue weighted by atomic mass is 16.5. The summed E-state index contributed by atoms with van der Waals surface area (Å²) in [5.41, 5.74) is 0.601. The zero-order valence-corrected chi connectivity index (χ0v) is 10.8. The normalized spacial score (nSPS) is 12.4. The number of carbonyl (C=O) groups is 1. The van der Waals surface area contributed by atoms with E-state index < -0.39 is 5.97 Å². The molecule has 1 aromatic rings. The number of carboxylic acids is 1. The summed E-state index contributed by atoms with van der Waals surface area (Å²) < 4.78 is 6.51. The number of aliphatic hydroxyl groups is 1. The van der Waals surface area contributed by atoms with Crippen LogP contribution in [0.1, 0.15) is 22.5 Å². The molecule has 0 fully saturated rings. The van der Waals surface area contributed by atoms with Crippen molar-refractivity contribution in [2.45, 2.75) is 19.4 Å². The first-order valence-corrected chi connectivity index (χ1v) is 5.64. The Morgan fingerprint density at radius 1 is 1.61 bits per heavy atom. The number of nitrogens with zero attached hydrogens (tertiary/aromatic N) is 2. The summed E-state index contributed by atoms with van der Waals surface area (Å²) in [4.78, 5) is 11.2. The zero-order chi connectivity index (χ0) is 13.7. The Labute approximate surface area is 105 Å². The van der Waals surface area contributed by atoms with Crippen molar-refractivity contribution >= 4 is 11.8 Å². The van der Waals surface area contributed by atoms with Crippen molar-refractivity contribution in [3.05, 3.63) is 11.3 Å². The molecule has 1 rings (SSSR count). The minimum atomic E-state index is -1.02. The number of aromatic carboxylic acids is 1. The highest BCUT2D eigenvalue weighted by Gasteiger charge is 2.21. The molecule has 1 heterocycles. The second kappa shape index (κ2) is 6.36. The molecule has 102 valence electrons. The lowest BCUT2D eigenvalue weighted by atomic mass is 10.2. The number of aryl methyl sites for hydroxylation is 2. The van der Waals surface area contributed by atoms with Crippen molar-refractivity contribution in [3.63, 3.8) is 0 Å². The van der Waals surface area contributed by atoms with Crippen LogP contribution in [0.3, 0.4) is 0 Å². The van der Waals surface area contributed by atoms with Crippen molar-refractivity contribution in [2.24, 2.45) is 7.05 Å². The Kier molecular flexibility index (Phi) is 5.11. The van der Waals surface area contributed by atoms with E-state index >= 15 is 0 Å². The molecule has 1 unspecified atom stereocenters. The van der Waals surface area contributed by atoms with Gasteiger partial charge in [0.15, 0.2) is 0 Å².